The number of pyridine rings is 1. The largest absolute Gasteiger partial charge is 0.368 e. The van der Waals surface area contributed by atoms with Crippen LogP contribution in [-0.4, -0.2) is 52.0 Å². The van der Waals surface area contributed by atoms with Gasteiger partial charge in [-0.3, -0.25) is 10.4 Å². The predicted octanol–water partition coefficient (Wildman–Crippen LogP) is 1.94. The molecule has 7 nitrogen and oxygen atoms in total. The Morgan fingerprint density at radius 3 is 3.08 bits per heavy atom. The van der Waals surface area contributed by atoms with E-state index in [0.717, 1.165) is 11.8 Å². The summed E-state index contributed by atoms with van der Waals surface area (Å²) in [6.07, 6.45) is 5.25. The van der Waals surface area contributed by atoms with Crippen molar-refractivity contribution in [2.75, 3.05) is 31.6 Å². The summed E-state index contributed by atoms with van der Waals surface area (Å²) < 4.78 is 12.2. The van der Waals surface area contributed by atoms with Gasteiger partial charge in [-0.15, -0.1) is 0 Å². The highest BCUT2D eigenvalue weighted by Gasteiger charge is 2.08. The third-order valence-corrected chi connectivity index (χ3v) is 3.37. The molecule has 3 N–H and O–H groups in total. The van der Waals surface area contributed by atoms with Crippen molar-refractivity contribution in [1.82, 2.24) is 19.9 Å². The van der Waals surface area contributed by atoms with Crippen molar-refractivity contribution in [3.8, 4) is 0 Å². The predicted molar refractivity (Wildman–Crippen MR) is 93.4 cm³/mol. The summed E-state index contributed by atoms with van der Waals surface area (Å²) in [5, 5.41) is 11.8. The van der Waals surface area contributed by atoms with Crippen molar-refractivity contribution in [1.29, 1.82) is 5.41 Å². The first-order valence-electron chi connectivity index (χ1n) is 7.80. The zero-order chi connectivity index (χ0) is 17.4. The summed E-state index contributed by atoms with van der Waals surface area (Å²) >= 11 is 0. The van der Waals surface area contributed by atoms with Gasteiger partial charge in [-0.2, -0.15) is 4.98 Å². The van der Waals surface area contributed by atoms with Crippen molar-refractivity contribution in [2.24, 2.45) is 0 Å². The molecule has 0 amide bonds. The standard InChI is InChI=1S/C16H21FN6O/c1-2-10-23(13(18)6-3-7-17)11-9-20-15-12-5-4-8-19-14(12)21-16(24)22-15/h3-6,8,18H,2,7,9-11H2,1H3,(H2,19,20,21,22,24). The lowest BCUT2D eigenvalue weighted by Gasteiger charge is -2.23. The Bertz CT molecular complexity index is 772. The lowest BCUT2D eigenvalue weighted by molar-refractivity contribution is 0.431. The van der Waals surface area contributed by atoms with Gasteiger partial charge in [0.1, 0.15) is 24.0 Å². The average molecular weight is 332 g/mol. The molecule has 128 valence electrons. The number of nitrogens with zero attached hydrogens (tertiary/aromatic N) is 3. The third-order valence-electron chi connectivity index (χ3n) is 3.37. The molecule has 0 aliphatic heterocycles. The van der Waals surface area contributed by atoms with Gasteiger partial charge in [0, 0.05) is 25.8 Å². The number of hydrogen-bond acceptors (Lipinski definition) is 5. The SMILES string of the molecule is CCCN(CCNc1nc(=O)[nH]c2ncccc12)C(=N)C=CCF. The van der Waals surface area contributed by atoms with E-state index in [2.05, 4.69) is 20.3 Å². The number of rotatable bonds is 8. The quantitative estimate of drug-likeness (QED) is 0.507. The van der Waals surface area contributed by atoms with Gasteiger partial charge in [0.05, 0.1) is 5.39 Å². The summed E-state index contributed by atoms with van der Waals surface area (Å²) in [6.45, 7) is 3.16. The van der Waals surface area contributed by atoms with Crippen LogP contribution in [0.2, 0.25) is 0 Å². The molecular weight excluding hydrogens is 311 g/mol. The summed E-state index contributed by atoms with van der Waals surface area (Å²) in [5.74, 6) is 0.728. The van der Waals surface area contributed by atoms with Crippen LogP contribution in [0.4, 0.5) is 10.2 Å². The highest BCUT2D eigenvalue weighted by Crippen LogP contribution is 2.14. The Balaban J connectivity index is 2.06. The minimum Gasteiger partial charge on any atom is -0.368 e. The van der Waals surface area contributed by atoms with Crippen molar-refractivity contribution in [3.05, 3.63) is 41.0 Å². The molecule has 0 atom stereocenters. The maximum Gasteiger partial charge on any atom is 0.348 e. The molecule has 8 heteroatoms. The molecule has 0 spiro atoms. The van der Waals surface area contributed by atoms with Gasteiger partial charge in [0.25, 0.3) is 0 Å². The fraction of sp³-hybridized carbons (Fsp3) is 0.375. The van der Waals surface area contributed by atoms with Gasteiger partial charge < -0.3 is 10.2 Å². The second-order valence-electron chi connectivity index (χ2n) is 5.15. The molecule has 24 heavy (non-hydrogen) atoms. The van der Waals surface area contributed by atoms with Crippen molar-refractivity contribution >= 4 is 22.7 Å². The molecular formula is C16H21FN6O. The van der Waals surface area contributed by atoms with E-state index in [4.69, 9.17) is 5.41 Å². The summed E-state index contributed by atoms with van der Waals surface area (Å²) in [7, 11) is 0. The Labute approximate surface area is 139 Å². The zero-order valence-corrected chi connectivity index (χ0v) is 13.6. The number of amidine groups is 1. The molecule has 2 aromatic heterocycles. The molecule has 0 saturated heterocycles. The van der Waals surface area contributed by atoms with Crippen molar-refractivity contribution < 1.29 is 4.39 Å². The average Bonchev–Trinajstić information content (AvgIpc) is 2.58. The van der Waals surface area contributed by atoms with Crippen LogP contribution in [0.5, 0.6) is 0 Å². The number of halogens is 1. The molecule has 0 fully saturated rings. The number of hydrogen-bond donors (Lipinski definition) is 3. The van der Waals surface area contributed by atoms with Gasteiger partial charge in [0.15, 0.2) is 0 Å². The van der Waals surface area contributed by atoms with E-state index in [-0.39, 0.29) is 5.84 Å². The van der Waals surface area contributed by atoms with E-state index >= 15 is 0 Å². The molecule has 0 aromatic carbocycles. The van der Waals surface area contributed by atoms with Crippen LogP contribution < -0.4 is 11.0 Å². The third kappa shape index (κ3) is 4.61. The Kier molecular flexibility index (Phi) is 6.41. The van der Waals surface area contributed by atoms with Crippen LogP contribution in [-0.2, 0) is 0 Å². The first-order chi connectivity index (χ1) is 11.7. The maximum atomic E-state index is 12.2. The summed E-state index contributed by atoms with van der Waals surface area (Å²) in [6, 6.07) is 3.60. The minimum absolute atomic E-state index is 0.265. The van der Waals surface area contributed by atoms with Crippen LogP contribution >= 0.6 is 0 Å². The molecule has 0 unspecified atom stereocenters. The van der Waals surface area contributed by atoms with Crippen LogP contribution in [0.3, 0.4) is 0 Å². The smallest absolute Gasteiger partial charge is 0.348 e. The fourth-order valence-electron chi connectivity index (χ4n) is 2.32. The van der Waals surface area contributed by atoms with Gasteiger partial charge in [-0.1, -0.05) is 13.0 Å². The Hall–Kier alpha value is -2.77. The van der Waals surface area contributed by atoms with E-state index in [1.165, 1.54) is 12.2 Å². The van der Waals surface area contributed by atoms with Gasteiger partial charge >= 0.3 is 5.69 Å². The molecule has 0 radical (unpaired) electrons. The van der Waals surface area contributed by atoms with Gasteiger partial charge in [-0.05, 0) is 24.6 Å². The normalized spacial score (nSPS) is 11.1. The van der Waals surface area contributed by atoms with Crippen LogP contribution in [0.15, 0.2) is 35.3 Å². The Morgan fingerprint density at radius 2 is 2.33 bits per heavy atom. The number of aromatic amines is 1. The topological polar surface area (TPSA) is 97.8 Å². The zero-order valence-electron chi connectivity index (χ0n) is 13.6. The highest BCUT2D eigenvalue weighted by molar-refractivity contribution is 5.90. The van der Waals surface area contributed by atoms with Crippen molar-refractivity contribution in [2.45, 2.75) is 13.3 Å². The minimum atomic E-state index is -0.587. The first-order valence-corrected chi connectivity index (χ1v) is 7.80. The first kappa shape index (κ1) is 17.6. The van der Waals surface area contributed by atoms with Crippen LogP contribution in [0, 0.1) is 5.41 Å². The van der Waals surface area contributed by atoms with Gasteiger partial charge in [0.2, 0.25) is 0 Å². The van der Waals surface area contributed by atoms with Crippen molar-refractivity contribution in [3.63, 3.8) is 0 Å². The molecule has 0 aliphatic rings. The highest BCUT2D eigenvalue weighted by atomic mass is 19.1. The molecule has 2 rings (SSSR count). The fourth-order valence-corrected chi connectivity index (χ4v) is 2.32. The monoisotopic (exact) mass is 332 g/mol. The van der Waals surface area contributed by atoms with E-state index in [9.17, 15) is 9.18 Å². The van der Waals surface area contributed by atoms with Gasteiger partial charge in [-0.25, -0.2) is 14.2 Å². The molecule has 0 bridgehead atoms. The number of anilines is 1. The number of H-pyrrole nitrogens is 1. The number of fused-ring (bicyclic) bond motifs is 1. The summed E-state index contributed by atoms with van der Waals surface area (Å²) in [5.41, 5.74) is 0.0109. The lowest BCUT2D eigenvalue weighted by atomic mass is 10.3. The molecule has 2 heterocycles. The van der Waals surface area contributed by atoms with Crippen LogP contribution in [0.1, 0.15) is 13.3 Å². The Morgan fingerprint density at radius 1 is 1.50 bits per heavy atom. The number of alkyl halides is 1. The second kappa shape index (κ2) is 8.76. The molecule has 0 saturated carbocycles. The van der Waals surface area contributed by atoms with Crippen LogP contribution in [0.25, 0.3) is 11.0 Å². The van der Waals surface area contributed by atoms with E-state index in [1.54, 1.807) is 12.3 Å². The number of aromatic nitrogens is 3. The number of allylic oxidation sites excluding steroid dienone is 1. The molecule has 0 aliphatic carbocycles. The lowest BCUT2D eigenvalue weighted by Crippen LogP contribution is -2.34. The van der Waals surface area contributed by atoms with E-state index in [0.29, 0.717) is 31.1 Å². The second-order valence-corrected chi connectivity index (χ2v) is 5.15. The number of nitrogens with one attached hydrogen (secondary N) is 3. The van der Waals surface area contributed by atoms with E-state index < -0.39 is 12.4 Å². The summed E-state index contributed by atoms with van der Waals surface area (Å²) in [4.78, 5) is 24.1. The maximum absolute atomic E-state index is 12.2. The van der Waals surface area contributed by atoms with E-state index in [1.807, 2.05) is 17.9 Å². The molecule has 2 aromatic rings.